The Kier molecular flexibility index (Phi) is 5.52. The van der Waals surface area contributed by atoms with Gasteiger partial charge in [-0.25, -0.2) is 13.4 Å². The number of thiazole rings is 1. The van der Waals surface area contributed by atoms with Crippen LogP contribution < -0.4 is 10.2 Å². The van der Waals surface area contributed by atoms with E-state index in [1.807, 2.05) is 35.7 Å². The van der Waals surface area contributed by atoms with Gasteiger partial charge >= 0.3 is 0 Å². The van der Waals surface area contributed by atoms with Gasteiger partial charge in [0.2, 0.25) is 5.13 Å². The third-order valence-corrected chi connectivity index (χ3v) is 6.40. The van der Waals surface area contributed by atoms with Gasteiger partial charge in [-0.2, -0.15) is 5.10 Å². The molecule has 30 heavy (non-hydrogen) atoms. The van der Waals surface area contributed by atoms with E-state index in [-0.39, 0.29) is 0 Å². The molecule has 1 aromatic heterocycles. The molecule has 0 unspecified atom stereocenters. The fourth-order valence-corrected chi connectivity index (χ4v) is 4.24. The summed E-state index contributed by atoms with van der Waals surface area (Å²) in [5.74, 6) is 0.830. The van der Waals surface area contributed by atoms with Gasteiger partial charge in [0, 0.05) is 17.2 Å². The molecule has 6 nitrogen and oxygen atoms in total. The zero-order chi connectivity index (χ0) is 21.1. The van der Waals surface area contributed by atoms with Crippen LogP contribution in [-0.4, -0.2) is 33.0 Å². The van der Waals surface area contributed by atoms with Crippen molar-refractivity contribution in [3.05, 3.63) is 71.6 Å². The van der Waals surface area contributed by atoms with Crippen molar-refractivity contribution in [2.45, 2.75) is 4.90 Å². The van der Waals surface area contributed by atoms with Crippen molar-refractivity contribution in [2.75, 3.05) is 18.8 Å². The Bertz CT molecular complexity index is 1330. The number of aromatic nitrogens is 1. The lowest BCUT2D eigenvalue weighted by molar-refractivity contribution is 0.415. The Morgan fingerprint density at radius 3 is 2.50 bits per heavy atom. The van der Waals surface area contributed by atoms with E-state index in [2.05, 4.69) is 21.6 Å². The number of rotatable bonds is 6. The summed E-state index contributed by atoms with van der Waals surface area (Å²) < 4.78 is 28.4. The van der Waals surface area contributed by atoms with Crippen LogP contribution in [0.1, 0.15) is 5.56 Å². The molecule has 0 radical (unpaired) electrons. The van der Waals surface area contributed by atoms with Gasteiger partial charge < -0.3 is 4.74 Å². The van der Waals surface area contributed by atoms with Crippen LogP contribution in [0.25, 0.3) is 22.0 Å². The van der Waals surface area contributed by atoms with E-state index in [4.69, 9.17) is 4.74 Å². The smallest absolute Gasteiger partial charge is 0.203 e. The summed E-state index contributed by atoms with van der Waals surface area (Å²) >= 11 is 1.43. The second-order valence-electron chi connectivity index (χ2n) is 6.68. The summed E-state index contributed by atoms with van der Waals surface area (Å²) in [5, 5.41) is 9.03. The molecule has 8 heteroatoms. The van der Waals surface area contributed by atoms with Crippen molar-refractivity contribution >= 4 is 43.3 Å². The number of nitrogens with one attached hydrogen (secondary N) is 1. The molecule has 0 spiro atoms. The van der Waals surface area contributed by atoms with Gasteiger partial charge in [-0.1, -0.05) is 30.3 Å². The van der Waals surface area contributed by atoms with E-state index < -0.39 is 9.84 Å². The van der Waals surface area contributed by atoms with E-state index in [0.717, 1.165) is 33.3 Å². The number of anilines is 1. The van der Waals surface area contributed by atoms with Crippen LogP contribution in [0.15, 0.2) is 76.0 Å². The molecule has 0 aliphatic carbocycles. The first-order valence-electron chi connectivity index (χ1n) is 9.05. The van der Waals surface area contributed by atoms with Gasteiger partial charge in [-0.3, -0.25) is 5.43 Å². The van der Waals surface area contributed by atoms with E-state index in [1.54, 1.807) is 37.6 Å². The van der Waals surface area contributed by atoms with E-state index in [9.17, 15) is 8.42 Å². The molecule has 1 N–H and O–H groups in total. The maximum absolute atomic E-state index is 11.6. The minimum absolute atomic E-state index is 0.290. The highest BCUT2D eigenvalue weighted by molar-refractivity contribution is 7.90. The van der Waals surface area contributed by atoms with Crippen molar-refractivity contribution in [2.24, 2.45) is 5.10 Å². The van der Waals surface area contributed by atoms with E-state index in [1.165, 1.54) is 17.6 Å². The first-order chi connectivity index (χ1) is 14.4. The Morgan fingerprint density at radius 2 is 1.77 bits per heavy atom. The average molecular weight is 438 g/mol. The molecule has 0 saturated carbocycles. The van der Waals surface area contributed by atoms with Crippen LogP contribution in [0.2, 0.25) is 0 Å². The lowest BCUT2D eigenvalue weighted by Crippen LogP contribution is -1.96. The predicted molar refractivity (Wildman–Crippen MR) is 122 cm³/mol. The number of sulfone groups is 1. The minimum atomic E-state index is -3.21. The Hall–Kier alpha value is -3.23. The summed E-state index contributed by atoms with van der Waals surface area (Å²) in [6.07, 6.45) is 2.93. The lowest BCUT2D eigenvalue weighted by Gasteiger charge is -2.03. The van der Waals surface area contributed by atoms with Crippen LogP contribution in [0.3, 0.4) is 0 Å². The monoisotopic (exact) mass is 437 g/mol. The van der Waals surface area contributed by atoms with Crippen molar-refractivity contribution in [1.29, 1.82) is 0 Å². The standard InChI is InChI=1S/C22H19N3O3S2/c1-28-19-8-5-17-11-15(3-4-18(17)12-19)13-23-25-22-24-21(14-29-22)16-6-9-20(10-7-16)30(2,26)27/h3-14H,1-2H3,(H,24,25)/b23-13+. The summed E-state index contributed by atoms with van der Waals surface area (Å²) in [6.45, 7) is 0. The van der Waals surface area contributed by atoms with Gasteiger partial charge in [0.15, 0.2) is 9.84 Å². The van der Waals surface area contributed by atoms with Crippen molar-refractivity contribution in [1.82, 2.24) is 4.98 Å². The molecule has 0 amide bonds. The third kappa shape index (κ3) is 4.50. The fourth-order valence-electron chi connectivity index (χ4n) is 2.94. The molecule has 1 heterocycles. The summed E-state index contributed by atoms with van der Waals surface area (Å²) in [5.41, 5.74) is 5.52. The normalized spacial score (nSPS) is 11.8. The number of benzene rings is 3. The van der Waals surface area contributed by atoms with Crippen LogP contribution >= 0.6 is 11.3 Å². The molecule has 0 aliphatic heterocycles. The maximum atomic E-state index is 11.6. The molecular weight excluding hydrogens is 418 g/mol. The Morgan fingerprint density at radius 1 is 1.03 bits per heavy atom. The number of nitrogens with zero attached hydrogens (tertiary/aromatic N) is 2. The van der Waals surface area contributed by atoms with Gasteiger partial charge in [-0.05, 0) is 46.7 Å². The molecule has 4 rings (SSSR count). The highest BCUT2D eigenvalue weighted by Gasteiger charge is 2.09. The Labute approximate surface area is 178 Å². The molecular formula is C22H19N3O3S2. The summed E-state index contributed by atoms with van der Waals surface area (Å²) in [4.78, 5) is 4.79. The topological polar surface area (TPSA) is 80.7 Å². The highest BCUT2D eigenvalue weighted by atomic mass is 32.2. The third-order valence-electron chi connectivity index (χ3n) is 4.53. The second kappa shape index (κ2) is 8.25. The summed E-state index contributed by atoms with van der Waals surface area (Å²) in [6, 6.07) is 18.7. The molecule has 0 fully saturated rings. The first kappa shape index (κ1) is 20.1. The SMILES string of the molecule is COc1ccc2cc(/C=N/Nc3nc(-c4ccc(S(C)(=O)=O)cc4)cs3)ccc2c1. The van der Waals surface area contributed by atoms with Crippen molar-refractivity contribution < 1.29 is 13.2 Å². The maximum Gasteiger partial charge on any atom is 0.203 e. The number of ether oxygens (including phenoxy) is 1. The highest BCUT2D eigenvalue weighted by Crippen LogP contribution is 2.26. The molecule has 152 valence electrons. The van der Waals surface area contributed by atoms with E-state index >= 15 is 0 Å². The van der Waals surface area contributed by atoms with Crippen LogP contribution in [0.4, 0.5) is 5.13 Å². The van der Waals surface area contributed by atoms with Crippen LogP contribution in [0, 0.1) is 0 Å². The fraction of sp³-hybridized carbons (Fsp3) is 0.0909. The van der Waals surface area contributed by atoms with Crippen molar-refractivity contribution in [3.8, 4) is 17.0 Å². The van der Waals surface area contributed by atoms with Crippen LogP contribution in [0.5, 0.6) is 5.75 Å². The average Bonchev–Trinajstić information content (AvgIpc) is 3.22. The zero-order valence-electron chi connectivity index (χ0n) is 16.4. The molecule has 0 atom stereocenters. The zero-order valence-corrected chi connectivity index (χ0v) is 18.0. The number of hydrogen-bond acceptors (Lipinski definition) is 7. The number of hydrazone groups is 1. The largest absolute Gasteiger partial charge is 0.497 e. The minimum Gasteiger partial charge on any atom is -0.497 e. The number of methoxy groups -OCH3 is 1. The first-order valence-corrected chi connectivity index (χ1v) is 11.8. The van der Waals surface area contributed by atoms with Crippen LogP contribution in [-0.2, 0) is 9.84 Å². The Balaban J connectivity index is 1.45. The van der Waals surface area contributed by atoms with Gasteiger partial charge in [0.1, 0.15) is 5.75 Å². The van der Waals surface area contributed by atoms with Gasteiger partial charge in [0.05, 0.1) is 23.9 Å². The van der Waals surface area contributed by atoms with E-state index in [0.29, 0.717) is 10.0 Å². The number of hydrogen-bond donors (Lipinski definition) is 1. The lowest BCUT2D eigenvalue weighted by atomic mass is 10.1. The molecule has 4 aromatic rings. The quantitative estimate of drug-likeness (QED) is 0.345. The predicted octanol–water partition coefficient (Wildman–Crippen LogP) is 4.82. The molecule has 0 aliphatic rings. The van der Waals surface area contributed by atoms with Crippen molar-refractivity contribution in [3.63, 3.8) is 0 Å². The molecule has 0 bridgehead atoms. The van der Waals surface area contributed by atoms with Gasteiger partial charge in [-0.15, -0.1) is 11.3 Å². The molecule has 0 saturated heterocycles. The summed E-state index contributed by atoms with van der Waals surface area (Å²) in [7, 11) is -1.55. The second-order valence-corrected chi connectivity index (χ2v) is 9.55. The number of fused-ring (bicyclic) bond motifs is 1. The van der Waals surface area contributed by atoms with Gasteiger partial charge in [0.25, 0.3) is 0 Å². The molecule has 3 aromatic carbocycles.